The molecule has 1 heterocycles. The van der Waals surface area contributed by atoms with E-state index < -0.39 is 0 Å². The third kappa shape index (κ3) is 3.83. The molecule has 2 rings (SSSR count). The van der Waals surface area contributed by atoms with E-state index in [4.69, 9.17) is 16.3 Å². The SMILES string of the molecule is CCOc1ccc(Cl)cc1NCc1ccnc(C)n1. The summed E-state index contributed by atoms with van der Waals surface area (Å²) in [6, 6.07) is 7.40. The smallest absolute Gasteiger partial charge is 0.142 e. The third-order valence-corrected chi connectivity index (χ3v) is 2.77. The molecule has 0 fully saturated rings. The van der Waals surface area contributed by atoms with Gasteiger partial charge in [-0.2, -0.15) is 0 Å². The molecule has 1 N–H and O–H groups in total. The van der Waals surface area contributed by atoms with Gasteiger partial charge in [0.05, 0.1) is 24.5 Å². The van der Waals surface area contributed by atoms with Gasteiger partial charge in [0.2, 0.25) is 0 Å². The van der Waals surface area contributed by atoms with Crippen LogP contribution >= 0.6 is 11.6 Å². The summed E-state index contributed by atoms with van der Waals surface area (Å²) in [4.78, 5) is 8.41. The third-order valence-electron chi connectivity index (χ3n) is 2.54. The Bertz CT molecular complexity index is 560. The van der Waals surface area contributed by atoms with Gasteiger partial charge in [0.1, 0.15) is 11.6 Å². The number of rotatable bonds is 5. The zero-order valence-corrected chi connectivity index (χ0v) is 11.7. The largest absolute Gasteiger partial charge is 0.492 e. The van der Waals surface area contributed by atoms with Crippen molar-refractivity contribution in [2.24, 2.45) is 0 Å². The maximum Gasteiger partial charge on any atom is 0.142 e. The van der Waals surface area contributed by atoms with Crippen molar-refractivity contribution in [1.82, 2.24) is 9.97 Å². The number of anilines is 1. The van der Waals surface area contributed by atoms with Crippen LogP contribution in [0.1, 0.15) is 18.4 Å². The molecule has 0 spiro atoms. The van der Waals surface area contributed by atoms with Crippen LogP contribution < -0.4 is 10.1 Å². The zero-order valence-electron chi connectivity index (χ0n) is 11.0. The van der Waals surface area contributed by atoms with Gasteiger partial charge in [-0.15, -0.1) is 0 Å². The summed E-state index contributed by atoms with van der Waals surface area (Å²) in [7, 11) is 0. The van der Waals surface area contributed by atoms with Crippen molar-refractivity contribution in [1.29, 1.82) is 0 Å². The van der Waals surface area contributed by atoms with Gasteiger partial charge in [-0.25, -0.2) is 9.97 Å². The molecule has 0 aliphatic heterocycles. The molecule has 0 unspecified atom stereocenters. The van der Waals surface area contributed by atoms with Crippen LogP contribution in [0, 0.1) is 6.92 Å². The fraction of sp³-hybridized carbons (Fsp3) is 0.286. The minimum Gasteiger partial charge on any atom is -0.492 e. The number of ether oxygens (including phenoxy) is 1. The molecule has 100 valence electrons. The first-order valence-electron chi connectivity index (χ1n) is 6.14. The highest BCUT2D eigenvalue weighted by Crippen LogP contribution is 2.28. The molecular weight excluding hydrogens is 262 g/mol. The topological polar surface area (TPSA) is 47.0 Å². The van der Waals surface area contributed by atoms with Crippen LogP contribution in [-0.4, -0.2) is 16.6 Å². The lowest BCUT2D eigenvalue weighted by atomic mass is 10.2. The first kappa shape index (κ1) is 13.6. The van der Waals surface area contributed by atoms with E-state index in [2.05, 4.69) is 15.3 Å². The van der Waals surface area contributed by atoms with Gasteiger partial charge in [0.15, 0.2) is 0 Å². The fourth-order valence-electron chi connectivity index (χ4n) is 1.71. The van der Waals surface area contributed by atoms with Crippen LogP contribution in [0.2, 0.25) is 5.02 Å². The molecule has 0 bridgehead atoms. The number of hydrogen-bond donors (Lipinski definition) is 1. The van der Waals surface area contributed by atoms with E-state index in [9.17, 15) is 0 Å². The molecular formula is C14H16ClN3O. The van der Waals surface area contributed by atoms with Crippen LogP contribution in [0.15, 0.2) is 30.5 Å². The second-order valence-electron chi connectivity index (χ2n) is 4.02. The van der Waals surface area contributed by atoms with Crippen molar-refractivity contribution in [3.05, 3.63) is 47.0 Å². The Balaban J connectivity index is 2.12. The maximum absolute atomic E-state index is 6.00. The van der Waals surface area contributed by atoms with Crippen molar-refractivity contribution in [2.75, 3.05) is 11.9 Å². The molecule has 0 saturated carbocycles. The molecule has 0 radical (unpaired) electrons. The molecule has 0 amide bonds. The van der Waals surface area contributed by atoms with E-state index in [0.717, 1.165) is 23.0 Å². The van der Waals surface area contributed by atoms with Gasteiger partial charge in [-0.3, -0.25) is 0 Å². The number of halogens is 1. The van der Waals surface area contributed by atoms with Crippen LogP contribution in [0.25, 0.3) is 0 Å². The first-order chi connectivity index (χ1) is 9.19. The Labute approximate surface area is 117 Å². The van der Waals surface area contributed by atoms with Crippen molar-refractivity contribution < 1.29 is 4.74 Å². The molecule has 0 atom stereocenters. The summed E-state index contributed by atoms with van der Waals surface area (Å²) in [6.07, 6.45) is 1.75. The Morgan fingerprint density at radius 1 is 1.32 bits per heavy atom. The molecule has 0 aliphatic carbocycles. The number of benzene rings is 1. The van der Waals surface area contributed by atoms with E-state index in [1.807, 2.05) is 38.1 Å². The minimum absolute atomic E-state index is 0.601. The molecule has 0 saturated heterocycles. The van der Waals surface area contributed by atoms with Gasteiger partial charge in [-0.1, -0.05) is 11.6 Å². The summed E-state index contributed by atoms with van der Waals surface area (Å²) < 4.78 is 5.55. The number of aromatic nitrogens is 2. The van der Waals surface area contributed by atoms with Gasteiger partial charge in [0, 0.05) is 11.2 Å². The summed E-state index contributed by atoms with van der Waals surface area (Å²) in [5.41, 5.74) is 1.79. The average molecular weight is 278 g/mol. The predicted molar refractivity (Wildman–Crippen MR) is 76.7 cm³/mol. The van der Waals surface area contributed by atoms with Crippen LogP contribution in [0.4, 0.5) is 5.69 Å². The summed E-state index contributed by atoms with van der Waals surface area (Å²) in [5, 5.41) is 3.95. The normalized spacial score (nSPS) is 10.3. The second kappa shape index (κ2) is 6.38. The van der Waals surface area contributed by atoms with E-state index in [-0.39, 0.29) is 0 Å². The van der Waals surface area contributed by atoms with Gasteiger partial charge >= 0.3 is 0 Å². The van der Waals surface area contributed by atoms with Gasteiger partial charge < -0.3 is 10.1 Å². The summed E-state index contributed by atoms with van der Waals surface area (Å²) in [6.45, 7) is 5.04. The molecule has 5 heteroatoms. The highest BCUT2D eigenvalue weighted by molar-refractivity contribution is 6.30. The minimum atomic E-state index is 0.601. The average Bonchev–Trinajstić information content (AvgIpc) is 2.39. The standard InChI is InChI=1S/C14H16ClN3O/c1-3-19-14-5-4-11(15)8-13(14)17-9-12-6-7-16-10(2)18-12/h4-8,17H,3,9H2,1-2H3. The first-order valence-corrected chi connectivity index (χ1v) is 6.51. The second-order valence-corrected chi connectivity index (χ2v) is 4.46. The quantitative estimate of drug-likeness (QED) is 0.909. The van der Waals surface area contributed by atoms with Crippen molar-refractivity contribution >= 4 is 17.3 Å². The maximum atomic E-state index is 6.00. The number of nitrogens with one attached hydrogen (secondary N) is 1. The molecule has 1 aromatic carbocycles. The van der Waals surface area contributed by atoms with Crippen molar-refractivity contribution in [2.45, 2.75) is 20.4 Å². The van der Waals surface area contributed by atoms with E-state index in [1.165, 1.54) is 0 Å². The van der Waals surface area contributed by atoms with Gasteiger partial charge in [-0.05, 0) is 38.1 Å². The monoisotopic (exact) mass is 277 g/mol. The molecule has 1 aromatic heterocycles. The van der Waals surface area contributed by atoms with Crippen LogP contribution in [0.5, 0.6) is 5.75 Å². The lowest BCUT2D eigenvalue weighted by Crippen LogP contribution is -2.05. The molecule has 2 aromatic rings. The summed E-state index contributed by atoms with van der Waals surface area (Å²) >= 11 is 6.00. The Morgan fingerprint density at radius 2 is 2.16 bits per heavy atom. The summed E-state index contributed by atoms with van der Waals surface area (Å²) in [5.74, 6) is 1.55. The Morgan fingerprint density at radius 3 is 2.89 bits per heavy atom. The lowest BCUT2D eigenvalue weighted by molar-refractivity contribution is 0.341. The van der Waals surface area contributed by atoms with Crippen LogP contribution in [-0.2, 0) is 6.54 Å². The van der Waals surface area contributed by atoms with E-state index in [0.29, 0.717) is 18.2 Å². The van der Waals surface area contributed by atoms with E-state index in [1.54, 1.807) is 6.20 Å². The number of nitrogens with zero attached hydrogens (tertiary/aromatic N) is 2. The molecule has 0 aliphatic rings. The highest BCUT2D eigenvalue weighted by atomic mass is 35.5. The highest BCUT2D eigenvalue weighted by Gasteiger charge is 2.05. The number of aryl methyl sites for hydroxylation is 1. The predicted octanol–water partition coefficient (Wildman–Crippen LogP) is 3.45. The van der Waals surface area contributed by atoms with Crippen molar-refractivity contribution in [3.63, 3.8) is 0 Å². The Kier molecular flexibility index (Phi) is 4.58. The van der Waals surface area contributed by atoms with Gasteiger partial charge in [0.25, 0.3) is 0 Å². The van der Waals surface area contributed by atoms with Crippen LogP contribution in [0.3, 0.4) is 0 Å². The molecule has 4 nitrogen and oxygen atoms in total. The lowest BCUT2D eigenvalue weighted by Gasteiger charge is -2.12. The van der Waals surface area contributed by atoms with E-state index >= 15 is 0 Å². The fourth-order valence-corrected chi connectivity index (χ4v) is 1.88. The molecule has 19 heavy (non-hydrogen) atoms. The number of hydrogen-bond acceptors (Lipinski definition) is 4. The Hall–Kier alpha value is -1.81. The zero-order chi connectivity index (χ0) is 13.7. The van der Waals surface area contributed by atoms with Crippen molar-refractivity contribution in [3.8, 4) is 5.75 Å².